The fraction of sp³-hybridized carbons (Fsp3) is 0.686. The van der Waals surface area contributed by atoms with E-state index in [1.165, 1.54) is 14.0 Å². The standard InChI is InChI=1S/C35H59N5O8/c1-8-9-15-26(38-34(46)25(36)18-24-13-11-10-12-14-24)35(47)40-27(16-21(2)3)29(41)19-31(43)37-23(6)33(45)39-28(17-22(4)5)30(42)20-32(44)48-7/h10-14,21-23,25-30,41-42H,8-9,15-20,36H2,1-7H3,(H,37,43)(H,38,46)(H,39,45)(H,40,47)/t23-,25-,26-,27-,28-,29-,30-/m0/s1. The molecule has 13 nitrogen and oxygen atoms in total. The summed E-state index contributed by atoms with van der Waals surface area (Å²) in [5.41, 5.74) is 7.05. The first-order valence-electron chi connectivity index (χ1n) is 17.0. The third-order valence-electron chi connectivity index (χ3n) is 7.92. The van der Waals surface area contributed by atoms with Crippen molar-refractivity contribution in [2.45, 2.75) is 135 Å². The molecule has 0 spiro atoms. The molecule has 13 heteroatoms. The normalized spacial score (nSPS) is 15.8. The molecule has 7 atom stereocenters. The molecule has 0 fully saturated rings. The third-order valence-corrected chi connectivity index (χ3v) is 7.92. The van der Waals surface area contributed by atoms with Gasteiger partial charge in [0, 0.05) is 0 Å². The fourth-order valence-electron chi connectivity index (χ4n) is 5.24. The Morgan fingerprint density at radius 3 is 1.83 bits per heavy atom. The number of esters is 1. The number of carbonyl (C=O) groups excluding carboxylic acids is 5. The highest BCUT2D eigenvalue weighted by Gasteiger charge is 2.31. The lowest BCUT2D eigenvalue weighted by Crippen LogP contribution is -2.56. The summed E-state index contributed by atoms with van der Waals surface area (Å²) < 4.78 is 4.62. The van der Waals surface area contributed by atoms with E-state index in [0.717, 1.165) is 12.0 Å². The minimum Gasteiger partial charge on any atom is -0.469 e. The highest BCUT2D eigenvalue weighted by Crippen LogP contribution is 2.14. The monoisotopic (exact) mass is 677 g/mol. The zero-order valence-corrected chi connectivity index (χ0v) is 29.7. The number of methoxy groups -OCH3 is 1. The Hall–Kier alpha value is -3.55. The predicted molar refractivity (Wildman–Crippen MR) is 183 cm³/mol. The molecule has 8 N–H and O–H groups in total. The Bertz CT molecular complexity index is 1150. The summed E-state index contributed by atoms with van der Waals surface area (Å²) >= 11 is 0. The van der Waals surface area contributed by atoms with Gasteiger partial charge in [-0.25, -0.2) is 0 Å². The van der Waals surface area contributed by atoms with Crippen LogP contribution in [0.15, 0.2) is 30.3 Å². The van der Waals surface area contributed by atoms with Crippen molar-refractivity contribution < 1.29 is 38.9 Å². The Morgan fingerprint density at radius 1 is 0.771 bits per heavy atom. The summed E-state index contributed by atoms with van der Waals surface area (Å²) in [6.07, 6.45) is -0.281. The molecule has 0 aliphatic heterocycles. The molecule has 48 heavy (non-hydrogen) atoms. The Balaban J connectivity index is 2.89. The van der Waals surface area contributed by atoms with E-state index in [9.17, 15) is 34.2 Å². The molecule has 0 saturated carbocycles. The van der Waals surface area contributed by atoms with Crippen LogP contribution in [0.3, 0.4) is 0 Å². The van der Waals surface area contributed by atoms with Crippen LogP contribution in [-0.4, -0.2) is 89.3 Å². The van der Waals surface area contributed by atoms with Crippen molar-refractivity contribution in [2.75, 3.05) is 7.11 Å². The van der Waals surface area contributed by atoms with Crippen LogP contribution in [0.1, 0.15) is 92.1 Å². The average Bonchev–Trinajstić information content (AvgIpc) is 3.01. The molecule has 1 rings (SSSR count). The van der Waals surface area contributed by atoms with E-state index in [2.05, 4.69) is 26.0 Å². The zero-order valence-electron chi connectivity index (χ0n) is 29.7. The van der Waals surface area contributed by atoms with Crippen molar-refractivity contribution in [1.82, 2.24) is 21.3 Å². The molecule has 0 saturated heterocycles. The van der Waals surface area contributed by atoms with Gasteiger partial charge in [-0.15, -0.1) is 0 Å². The lowest BCUT2D eigenvalue weighted by molar-refractivity contribution is -0.144. The van der Waals surface area contributed by atoms with Crippen molar-refractivity contribution in [3.05, 3.63) is 35.9 Å². The number of rotatable bonds is 22. The summed E-state index contributed by atoms with van der Waals surface area (Å²) in [4.78, 5) is 63.9. The molecule has 0 unspecified atom stereocenters. The van der Waals surface area contributed by atoms with Crippen molar-refractivity contribution in [3.8, 4) is 0 Å². The number of benzene rings is 1. The van der Waals surface area contributed by atoms with Gasteiger partial charge in [-0.05, 0) is 50.0 Å². The molecule has 0 aliphatic carbocycles. The number of nitrogens with two attached hydrogens (primary N) is 1. The molecule has 272 valence electrons. The minimum absolute atomic E-state index is 0.0509. The van der Waals surface area contributed by atoms with Crippen molar-refractivity contribution >= 4 is 29.6 Å². The van der Waals surface area contributed by atoms with E-state index in [1.807, 2.05) is 65.0 Å². The summed E-state index contributed by atoms with van der Waals surface area (Å²) in [5, 5.41) is 32.5. The molecule has 0 heterocycles. The fourth-order valence-corrected chi connectivity index (χ4v) is 5.24. The summed E-state index contributed by atoms with van der Waals surface area (Å²) in [6, 6.07) is 5.02. The second-order valence-electron chi connectivity index (χ2n) is 13.4. The topological polar surface area (TPSA) is 209 Å². The number of nitrogens with one attached hydrogen (secondary N) is 4. The second kappa shape index (κ2) is 22.2. The lowest BCUT2D eigenvalue weighted by Gasteiger charge is -2.29. The van der Waals surface area contributed by atoms with Gasteiger partial charge in [0.15, 0.2) is 0 Å². The maximum Gasteiger partial charge on any atom is 0.308 e. The number of amides is 4. The number of unbranched alkanes of at least 4 members (excludes halogenated alkanes) is 1. The smallest absolute Gasteiger partial charge is 0.308 e. The van der Waals surface area contributed by atoms with Gasteiger partial charge in [0.05, 0.1) is 50.3 Å². The second-order valence-corrected chi connectivity index (χ2v) is 13.4. The zero-order chi connectivity index (χ0) is 36.4. The molecule has 0 aliphatic rings. The van der Waals surface area contributed by atoms with Gasteiger partial charge < -0.3 is 42.0 Å². The largest absolute Gasteiger partial charge is 0.469 e. The first kappa shape index (κ1) is 42.5. The number of hydrogen-bond acceptors (Lipinski definition) is 9. The van der Waals surface area contributed by atoms with Crippen LogP contribution in [0.2, 0.25) is 0 Å². The number of ether oxygens (including phenoxy) is 1. The summed E-state index contributed by atoms with van der Waals surface area (Å²) in [7, 11) is 1.21. The molecular formula is C35H59N5O8. The predicted octanol–water partition coefficient (Wildman–Crippen LogP) is 1.47. The van der Waals surface area contributed by atoms with Gasteiger partial charge in [0.2, 0.25) is 23.6 Å². The molecule has 4 amide bonds. The quantitative estimate of drug-likeness (QED) is 0.0886. The molecule has 1 aromatic rings. The van der Waals surface area contributed by atoms with E-state index in [0.29, 0.717) is 32.1 Å². The van der Waals surface area contributed by atoms with Gasteiger partial charge in [0.1, 0.15) is 12.1 Å². The molecular weight excluding hydrogens is 618 g/mol. The average molecular weight is 678 g/mol. The number of aliphatic hydroxyl groups excluding tert-OH is 2. The lowest BCUT2D eigenvalue weighted by atomic mass is 9.96. The van der Waals surface area contributed by atoms with Crippen LogP contribution >= 0.6 is 0 Å². The Labute approximate surface area is 285 Å². The van der Waals surface area contributed by atoms with Gasteiger partial charge in [0.25, 0.3) is 0 Å². The summed E-state index contributed by atoms with van der Waals surface area (Å²) in [6.45, 7) is 11.1. The van der Waals surface area contributed by atoms with E-state index < -0.39 is 78.4 Å². The van der Waals surface area contributed by atoms with Crippen LogP contribution in [0.5, 0.6) is 0 Å². The van der Waals surface area contributed by atoms with Crippen molar-refractivity contribution in [3.63, 3.8) is 0 Å². The molecule has 1 aromatic carbocycles. The van der Waals surface area contributed by atoms with Gasteiger partial charge >= 0.3 is 5.97 Å². The van der Waals surface area contributed by atoms with Gasteiger partial charge in [-0.3, -0.25) is 24.0 Å². The molecule has 0 bridgehead atoms. The van der Waals surface area contributed by atoms with E-state index in [-0.39, 0.29) is 18.3 Å². The van der Waals surface area contributed by atoms with E-state index in [4.69, 9.17) is 5.73 Å². The molecule has 0 aromatic heterocycles. The minimum atomic E-state index is -1.29. The van der Waals surface area contributed by atoms with Crippen molar-refractivity contribution in [2.24, 2.45) is 17.6 Å². The third kappa shape index (κ3) is 16.5. The first-order valence-corrected chi connectivity index (χ1v) is 17.0. The van der Waals surface area contributed by atoms with Gasteiger partial charge in [-0.1, -0.05) is 77.8 Å². The van der Waals surface area contributed by atoms with E-state index in [1.54, 1.807) is 0 Å². The van der Waals surface area contributed by atoms with Crippen LogP contribution in [0.4, 0.5) is 0 Å². The van der Waals surface area contributed by atoms with Crippen LogP contribution in [0, 0.1) is 11.8 Å². The van der Waals surface area contributed by atoms with Crippen LogP contribution in [-0.2, 0) is 35.1 Å². The van der Waals surface area contributed by atoms with E-state index >= 15 is 0 Å². The number of aliphatic hydroxyl groups is 2. The highest BCUT2D eigenvalue weighted by molar-refractivity contribution is 5.90. The summed E-state index contributed by atoms with van der Waals surface area (Å²) in [5.74, 6) is -2.61. The number of hydrogen-bond donors (Lipinski definition) is 7. The molecule has 0 radical (unpaired) electrons. The Kier molecular flexibility index (Phi) is 19.6. The SMILES string of the molecule is CCCC[C@H](NC(=O)[C@@H](N)Cc1ccccc1)C(=O)N[C@@H](CC(C)C)[C@@H](O)CC(=O)N[C@@H](C)C(=O)N[C@@H](CC(C)C)[C@@H](O)CC(=O)OC. The van der Waals surface area contributed by atoms with Crippen LogP contribution < -0.4 is 27.0 Å². The first-order chi connectivity index (χ1) is 22.6. The van der Waals surface area contributed by atoms with Crippen molar-refractivity contribution in [1.29, 1.82) is 0 Å². The maximum atomic E-state index is 13.5. The van der Waals surface area contributed by atoms with Crippen LogP contribution in [0.25, 0.3) is 0 Å². The maximum absolute atomic E-state index is 13.5. The number of carbonyl (C=O) groups is 5. The van der Waals surface area contributed by atoms with Gasteiger partial charge in [-0.2, -0.15) is 0 Å². The highest BCUT2D eigenvalue weighted by atomic mass is 16.5. The Morgan fingerprint density at radius 2 is 1.31 bits per heavy atom.